The summed E-state index contributed by atoms with van der Waals surface area (Å²) >= 11 is 3.47. The number of nitrogens with two attached hydrogens (primary N) is 1. The molecule has 0 aliphatic carbocycles. The molecule has 2 nitrogen and oxygen atoms in total. The van der Waals surface area contributed by atoms with Crippen LogP contribution in [-0.4, -0.2) is 4.98 Å². The average molecular weight is 237 g/mol. The predicted molar refractivity (Wildman–Crippen MR) is 58.6 cm³/mol. The van der Waals surface area contributed by atoms with E-state index in [1.165, 1.54) is 0 Å². The predicted octanol–water partition coefficient (Wildman–Crippen LogP) is 2.89. The van der Waals surface area contributed by atoms with Crippen molar-refractivity contribution in [1.82, 2.24) is 4.98 Å². The van der Waals surface area contributed by atoms with Crippen LogP contribution in [0.3, 0.4) is 0 Å². The number of nitrogens with zero attached hydrogens (tertiary/aromatic N) is 1. The molecule has 0 fully saturated rings. The van der Waals surface area contributed by atoms with Crippen molar-refractivity contribution >= 4 is 32.7 Å². The van der Waals surface area contributed by atoms with E-state index in [0.29, 0.717) is 5.82 Å². The highest BCUT2D eigenvalue weighted by molar-refractivity contribution is 9.10. The fraction of sp³-hybridized carbons (Fsp3) is 0.100. The molecule has 1 aromatic carbocycles. The topological polar surface area (TPSA) is 38.9 Å². The molecule has 3 heteroatoms. The zero-order chi connectivity index (χ0) is 9.42. The molecule has 0 bridgehead atoms. The van der Waals surface area contributed by atoms with Gasteiger partial charge >= 0.3 is 0 Å². The highest BCUT2D eigenvalue weighted by Crippen LogP contribution is 2.25. The molecule has 2 aromatic rings. The SMILES string of the molecule is Cc1ccc(Br)c2ccc(N)nc12. The van der Waals surface area contributed by atoms with Gasteiger partial charge in [0.1, 0.15) is 5.82 Å². The van der Waals surface area contributed by atoms with Crippen LogP contribution in [0.25, 0.3) is 10.9 Å². The summed E-state index contributed by atoms with van der Waals surface area (Å²) in [5.41, 5.74) is 7.73. The Morgan fingerprint density at radius 2 is 2.00 bits per heavy atom. The van der Waals surface area contributed by atoms with Gasteiger partial charge in [0.25, 0.3) is 0 Å². The lowest BCUT2D eigenvalue weighted by atomic mass is 10.1. The first kappa shape index (κ1) is 8.51. The molecule has 2 rings (SSSR count). The number of hydrogen-bond acceptors (Lipinski definition) is 2. The molecular weight excluding hydrogens is 228 g/mol. The van der Waals surface area contributed by atoms with Crippen molar-refractivity contribution < 1.29 is 0 Å². The minimum absolute atomic E-state index is 0.564. The lowest BCUT2D eigenvalue weighted by Gasteiger charge is -2.03. The van der Waals surface area contributed by atoms with Gasteiger partial charge in [-0.15, -0.1) is 0 Å². The largest absolute Gasteiger partial charge is 0.384 e. The van der Waals surface area contributed by atoms with Crippen LogP contribution in [0.4, 0.5) is 5.82 Å². The monoisotopic (exact) mass is 236 g/mol. The van der Waals surface area contributed by atoms with E-state index >= 15 is 0 Å². The Bertz CT molecular complexity index is 466. The summed E-state index contributed by atoms with van der Waals surface area (Å²) in [6.45, 7) is 2.03. The number of hydrogen-bond donors (Lipinski definition) is 1. The summed E-state index contributed by atoms with van der Waals surface area (Å²) in [5, 5.41) is 1.11. The van der Waals surface area contributed by atoms with Gasteiger partial charge in [0.05, 0.1) is 5.52 Å². The molecule has 0 saturated heterocycles. The van der Waals surface area contributed by atoms with E-state index in [2.05, 4.69) is 20.9 Å². The van der Waals surface area contributed by atoms with E-state index in [1.807, 2.05) is 31.2 Å². The highest BCUT2D eigenvalue weighted by atomic mass is 79.9. The third kappa shape index (κ3) is 1.40. The zero-order valence-electron chi connectivity index (χ0n) is 7.21. The van der Waals surface area contributed by atoms with Crippen LogP contribution in [0, 0.1) is 6.92 Å². The molecule has 0 aliphatic heterocycles. The number of pyridine rings is 1. The van der Waals surface area contributed by atoms with E-state index < -0.39 is 0 Å². The van der Waals surface area contributed by atoms with Crippen molar-refractivity contribution in [2.45, 2.75) is 6.92 Å². The Morgan fingerprint density at radius 1 is 1.23 bits per heavy atom. The molecule has 13 heavy (non-hydrogen) atoms. The van der Waals surface area contributed by atoms with Crippen molar-refractivity contribution in [3.8, 4) is 0 Å². The van der Waals surface area contributed by atoms with Crippen LogP contribution < -0.4 is 5.73 Å². The molecule has 0 atom stereocenters. The van der Waals surface area contributed by atoms with Crippen molar-refractivity contribution in [2.24, 2.45) is 0 Å². The Hall–Kier alpha value is -1.09. The lowest BCUT2D eigenvalue weighted by Crippen LogP contribution is -1.91. The van der Waals surface area contributed by atoms with E-state index in [0.717, 1.165) is 20.9 Å². The van der Waals surface area contributed by atoms with Crippen LogP contribution >= 0.6 is 15.9 Å². The van der Waals surface area contributed by atoms with Crippen molar-refractivity contribution in [1.29, 1.82) is 0 Å². The number of nitrogen functional groups attached to an aromatic ring is 1. The smallest absolute Gasteiger partial charge is 0.124 e. The Balaban J connectivity index is 2.92. The van der Waals surface area contributed by atoms with Gasteiger partial charge in [-0.1, -0.05) is 22.0 Å². The quantitative estimate of drug-likeness (QED) is 0.765. The average Bonchev–Trinajstić information content (AvgIpc) is 2.12. The van der Waals surface area contributed by atoms with Crippen molar-refractivity contribution in [3.05, 3.63) is 34.3 Å². The summed E-state index contributed by atoms with van der Waals surface area (Å²) < 4.78 is 1.06. The molecule has 0 aliphatic rings. The second-order valence-electron chi connectivity index (χ2n) is 3.00. The Labute approximate surface area is 84.9 Å². The molecular formula is C10H9BrN2. The van der Waals surface area contributed by atoms with Crippen LogP contribution in [0.2, 0.25) is 0 Å². The summed E-state index contributed by atoms with van der Waals surface area (Å²) in [6, 6.07) is 7.84. The molecule has 0 saturated carbocycles. The van der Waals surface area contributed by atoms with Gasteiger partial charge in [0.2, 0.25) is 0 Å². The third-order valence-electron chi connectivity index (χ3n) is 2.03. The van der Waals surface area contributed by atoms with Gasteiger partial charge < -0.3 is 5.73 Å². The molecule has 66 valence electrons. The maximum atomic E-state index is 5.62. The molecule has 0 amide bonds. The second-order valence-corrected chi connectivity index (χ2v) is 3.85. The minimum Gasteiger partial charge on any atom is -0.384 e. The summed E-state index contributed by atoms with van der Waals surface area (Å²) in [6.07, 6.45) is 0. The number of benzene rings is 1. The number of rotatable bonds is 0. The summed E-state index contributed by atoms with van der Waals surface area (Å²) in [5.74, 6) is 0.564. The summed E-state index contributed by atoms with van der Waals surface area (Å²) in [7, 11) is 0. The Morgan fingerprint density at radius 3 is 2.77 bits per heavy atom. The van der Waals surface area contributed by atoms with Crippen LogP contribution in [0.5, 0.6) is 0 Å². The van der Waals surface area contributed by atoms with Crippen LogP contribution in [-0.2, 0) is 0 Å². The van der Waals surface area contributed by atoms with E-state index in [9.17, 15) is 0 Å². The number of halogens is 1. The molecule has 1 heterocycles. The van der Waals surface area contributed by atoms with E-state index in [1.54, 1.807) is 0 Å². The van der Waals surface area contributed by atoms with Gasteiger partial charge in [0.15, 0.2) is 0 Å². The van der Waals surface area contributed by atoms with E-state index in [4.69, 9.17) is 5.73 Å². The zero-order valence-corrected chi connectivity index (χ0v) is 8.80. The molecule has 0 spiro atoms. The van der Waals surface area contributed by atoms with Crippen molar-refractivity contribution in [3.63, 3.8) is 0 Å². The molecule has 0 radical (unpaired) electrons. The fourth-order valence-corrected chi connectivity index (χ4v) is 1.79. The molecule has 2 N–H and O–H groups in total. The van der Waals surface area contributed by atoms with Gasteiger partial charge in [-0.3, -0.25) is 0 Å². The molecule has 1 aromatic heterocycles. The molecule has 0 unspecified atom stereocenters. The lowest BCUT2D eigenvalue weighted by molar-refractivity contribution is 1.37. The van der Waals surface area contributed by atoms with Gasteiger partial charge in [0, 0.05) is 9.86 Å². The van der Waals surface area contributed by atoms with E-state index in [-0.39, 0.29) is 0 Å². The Kier molecular flexibility index (Phi) is 1.96. The number of fused-ring (bicyclic) bond motifs is 1. The number of aromatic nitrogens is 1. The van der Waals surface area contributed by atoms with Crippen LogP contribution in [0.15, 0.2) is 28.7 Å². The van der Waals surface area contributed by atoms with Gasteiger partial charge in [-0.25, -0.2) is 4.98 Å². The highest BCUT2D eigenvalue weighted by Gasteiger charge is 2.02. The fourth-order valence-electron chi connectivity index (χ4n) is 1.33. The number of anilines is 1. The van der Waals surface area contributed by atoms with Gasteiger partial charge in [-0.05, 0) is 30.7 Å². The third-order valence-corrected chi connectivity index (χ3v) is 2.72. The normalized spacial score (nSPS) is 10.6. The minimum atomic E-state index is 0.564. The van der Waals surface area contributed by atoms with Gasteiger partial charge in [-0.2, -0.15) is 0 Å². The first-order chi connectivity index (χ1) is 6.18. The maximum Gasteiger partial charge on any atom is 0.124 e. The van der Waals surface area contributed by atoms with Crippen LogP contribution in [0.1, 0.15) is 5.56 Å². The first-order valence-corrected chi connectivity index (χ1v) is 4.79. The summed E-state index contributed by atoms with van der Waals surface area (Å²) in [4.78, 5) is 4.28. The number of aryl methyl sites for hydroxylation is 1. The maximum absolute atomic E-state index is 5.62. The van der Waals surface area contributed by atoms with Crippen molar-refractivity contribution in [2.75, 3.05) is 5.73 Å². The first-order valence-electron chi connectivity index (χ1n) is 4.00. The second kappa shape index (κ2) is 3.00. The standard InChI is InChI=1S/C10H9BrN2/c1-6-2-4-8(11)7-3-5-9(12)13-10(6)7/h2-5H,1H3,(H2,12,13).